The number of anilines is 1. The summed E-state index contributed by atoms with van der Waals surface area (Å²) in [5.74, 6) is -0.314. The number of benzene rings is 2. The number of rotatable bonds is 13. The van der Waals surface area contributed by atoms with E-state index < -0.39 is 18.0 Å². The van der Waals surface area contributed by atoms with Gasteiger partial charge in [-0.2, -0.15) is 10.5 Å². The van der Waals surface area contributed by atoms with Crippen LogP contribution in [0.3, 0.4) is 0 Å². The SMILES string of the molecule is Cl.Cl.N#Cc1c(N)nc(SCc2coc(-c3ccc(Cl)cc3)n2)c(C#N)c1-c1ccc(OC[C@@H](COC(=O)CN)OC(=O)CN)cc1. The molecule has 2 heterocycles. The molecular weight excluding hydrogens is 693 g/mol. The van der Waals surface area contributed by atoms with Crippen molar-refractivity contribution in [3.8, 4) is 40.5 Å². The van der Waals surface area contributed by atoms with Gasteiger partial charge in [-0.25, -0.2) is 9.97 Å². The van der Waals surface area contributed by atoms with Gasteiger partial charge in [-0.05, 0) is 42.0 Å². The maximum Gasteiger partial charge on any atom is 0.320 e. The van der Waals surface area contributed by atoms with Gasteiger partial charge in [0.25, 0.3) is 0 Å². The van der Waals surface area contributed by atoms with E-state index in [9.17, 15) is 20.1 Å². The van der Waals surface area contributed by atoms with E-state index in [0.717, 1.165) is 5.56 Å². The molecule has 0 aliphatic rings. The number of halogens is 3. The second kappa shape index (κ2) is 18.6. The second-order valence-electron chi connectivity index (χ2n) is 9.13. The van der Waals surface area contributed by atoms with E-state index in [1.165, 1.54) is 18.0 Å². The molecule has 17 heteroatoms. The van der Waals surface area contributed by atoms with Gasteiger partial charge >= 0.3 is 11.9 Å². The summed E-state index contributed by atoms with van der Waals surface area (Å²) in [6, 6.07) is 17.7. The predicted molar refractivity (Wildman–Crippen MR) is 179 cm³/mol. The predicted octanol–water partition coefficient (Wildman–Crippen LogP) is 4.27. The van der Waals surface area contributed by atoms with Gasteiger partial charge in [0, 0.05) is 21.9 Å². The fourth-order valence-corrected chi connectivity index (χ4v) is 4.93. The monoisotopic (exact) mass is 719 g/mol. The molecule has 0 aliphatic heterocycles. The molecule has 13 nitrogen and oxygen atoms in total. The lowest BCUT2D eigenvalue weighted by atomic mass is 9.97. The van der Waals surface area contributed by atoms with Gasteiger partial charge in [-0.15, -0.1) is 24.8 Å². The lowest BCUT2D eigenvalue weighted by Crippen LogP contribution is -2.34. The Balaban J connectivity index is 0.00000384. The topological polar surface area (TPSA) is 226 Å². The third kappa shape index (κ3) is 10.2. The minimum absolute atomic E-state index is 0. The summed E-state index contributed by atoms with van der Waals surface area (Å²) in [6.45, 7) is -1.12. The zero-order valence-corrected chi connectivity index (χ0v) is 27.6. The molecule has 0 saturated heterocycles. The molecule has 47 heavy (non-hydrogen) atoms. The second-order valence-corrected chi connectivity index (χ2v) is 10.5. The van der Waals surface area contributed by atoms with Crippen molar-refractivity contribution in [1.82, 2.24) is 9.97 Å². The molecule has 6 N–H and O–H groups in total. The molecule has 2 aromatic heterocycles. The van der Waals surface area contributed by atoms with Gasteiger partial charge in [0.05, 0.1) is 24.3 Å². The summed E-state index contributed by atoms with van der Waals surface area (Å²) in [5.41, 5.74) is 19.1. The molecule has 246 valence electrons. The number of esters is 2. The summed E-state index contributed by atoms with van der Waals surface area (Å²) < 4.78 is 21.4. The highest BCUT2D eigenvalue weighted by molar-refractivity contribution is 7.98. The van der Waals surface area contributed by atoms with Crippen LogP contribution in [0.1, 0.15) is 16.8 Å². The minimum atomic E-state index is -0.932. The summed E-state index contributed by atoms with van der Waals surface area (Å²) >= 11 is 7.18. The van der Waals surface area contributed by atoms with E-state index in [-0.39, 0.29) is 68.1 Å². The fraction of sp³-hybridized carbons (Fsp3) is 0.200. The van der Waals surface area contributed by atoms with Crippen LogP contribution in [0.15, 0.2) is 64.2 Å². The highest BCUT2D eigenvalue weighted by Crippen LogP contribution is 2.37. The van der Waals surface area contributed by atoms with Crippen molar-refractivity contribution < 1.29 is 28.2 Å². The van der Waals surface area contributed by atoms with Crippen LogP contribution in [-0.2, 0) is 24.8 Å². The molecule has 0 aliphatic carbocycles. The van der Waals surface area contributed by atoms with Crippen LogP contribution >= 0.6 is 48.2 Å². The lowest BCUT2D eigenvalue weighted by Gasteiger charge is -2.18. The molecule has 0 unspecified atom stereocenters. The highest BCUT2D eigenvalue weighted by atomic mass is 35.5. The number of thioether (sulfide) groups is 1. The van der Waals surface area contributed by atoms with Gasteiger partial charge in [0.1, 0.15) is 53.8 Å². The number of nitrogens with two attached hydrogens (primary N) is 3. The molecule has 4 aromatic rings. The van der Waals surface area contributed by atoms with Gasteiger partial charge in [-0.3, -0.25) is 9.59 Å². The minimum Gasteiger partial charge on any atom is -0.490 e. The van der Waals surface area contributed by atoms with Gasteiger partial charge < -0.3 is 35.8 Å². The zero-order valence-electron chi connectivity index (χ0n) is 24.4. The van der Waals surface area contributed by atoms with E-state index in [1.54, 1.807) is 48.5 Å². The van der Waals surface area contributed by atoms with E-state index in [1.807, 2.05) is 6.07 Å². The Morgan fingerprint density at radius 3 is 2.17 bits per heavy atom. The van der Waals surface area contributed by atoms with Crippen LogP contribution in [-0.4, -0.2) is 54.3 Å². The molecule has 0 bridgehead atoms. The summed E-state index contributed by atoms with van der Waals surface area (Å²) in [7, 11) is 0. The molecule has 2 aromatic carbocycles. The first kappa shape index (κ1) is 38.6. The fourth-order valence-electron chi connectivity index (χ4n) is 3.93. The Morgan fingerprint density at radius 2 is 1.55 bits per heavy atom. The Labute approximate surface area is 291 Å². The molecule has 0 saturated carbocycles. The van der Waals surface area contributed by atoms with Crippen LogP contribution in [0.2, 0.25) is 5.02 Å². The van der Waals surface area contributed by atoms with E-state index in [4.69, 9.17) is 47.4 Å². The van der Waals surface area contributed by atoms with Crippen molar-refractivity contribution in [3.63, 3.8) is 0 Å². The van der Waals surface area contributed by atoms with E-state index in [2.05, 4.69) is 16.0 Å². The average Bonchev–Trinajstić information content (AvgIpc) is 3.54. The van der Waals surface area contributed by atoms with Gasteiger partial charge in [0.15, 0.2) is 6.10 Å². The zero-order chi connectivity index (χ0) is 32.3. The van der Waals surface area contributed by atoms with E-state index >= 15 is 0 Å². The number of hydrogen-bond donors (Lipinski definition) is 3. The third-order valence-electron chi connectivity index (χ3n) is 6.06. The molecule has 4 rings (SSSR count). The number of aromatic nitrogens is 2. The van der Waals surface area contributed by atoms with E-state index in [0.29, 0.717) is 44.3 Å². The lowest BCUT2D eigenvalue weighted by molar-refractivity contribution is -0.158. The van der Waals surface area contributed by atoms with Crippen LogP contribution in [0.5, 0.6) is 5.75 Å². The summed E-state index contributed by atoms with van der Waals surface area (Å²) in [5, 5.41) is 20.9. The number of oxazole rings is 1. The van der Waals surface area contributed by atoms with Crippen LogP contribution in [0.25, 0.3) is 22.6 Å². The van der Waals surface area contributed by atoms with Crippen molar-refractivity contribution in [2.45, 2.75) is 16.9 Å². The molecule has 0 fully saturated rings. The first-order valence-corrected chi connectivity index (χ1v) is 14.6. The first-order valence-electron chi connectivity index (χ1n) is 13.2. The number of carbonyl (C=O) groups excluding carboxylic acids is 2. The Morgan fingerprint density at radius 1 is 0.915 bits per heavy atom. The molecule has 0 amide bonds. The number of hydrogen-bond acceptors (Lipinski definition) is 14. The molecule has 0 spiro atoms. The normalized spacial score (nSPS) is 10.7. The molecule has 1 atom stereocenters. The van der Waals surface area contributed by atoms with Crippen molar-refractivity contribution in [3.05, 3.63) is 76.6 Å². The summed E-state index contributed by atoms with van der Waals surface area (Å²) in [6.07, 6.45) is 0.581. The van der Waals surface area contributed by atoms with Crippen LogP contribution in [0.4, 0.5) is 5.82 Å². The number of pyridine rings is 1. The Kier molecular flexibility index (Phi) is 15.3. The third-order valence-corrected chi connectivity index (χ3v) is 7.32. The smallest absolute Gasteiger partial charge is 0.320 e. The largest absolute Gasteiger partial charge is 0.490 e. The maximum absolute atomic E-state index is 11.7. The Bertz CT molecular complexity index is 1760. The maximum atomic E-state index is 11.7. The summed E-state index contributed by atoms with van der Waals surface area (Å²) in [4.78, 5) is 31.9. The molecule has 0 radical (unpaired) electrons. The van der Waals surface area contributed by atoms with Gasteiger partial charge in [-0.1, -0.05) is 35.5 Å². The van der Waals surface area contributed by atoms with Crippen molar-refractivity contribution >= 4 is 65.9 Å². The quantitative estimate of drug-likeness (QED) is 0.130. The number of nitrogens with zero attached hydrogens (tertiary/aromatic N) is 4. The Hall–Kier alpha value is -4.54. The molecular formula is C30H28Cl3N7O6S. The number of carbonyl (C=O) groups is 2. The van der Waals surface area contributed by atoms with Crippen molar-refractivity contribution in [2.24, 2.45) is 11.5 Å². The van der Waals surface area contributed by atoms with Crippen molar-refractivity contribution in [1.29, 1.82) is 10.5 Å². The van der Waals surface area contributed by atoms with Crippen molar-refractivity contribution in [2.75, 3.05) is 32.0 Å². The average molecular weight is 721 g/mol. The number of nitriles is 2. The number of ether oxygens (including phenoxy) is 3. The highest BCUT2D eigenvalue weighted by Gasteiger charge is 2.22. The first-order chi connectivity index (χ1) is 21.8. The van der Waals surface area contributed by atoms with Crippen LogP contribution < -0.4 is 21.9 Å². The van der Waals surface area contributed by atoms with Gasteiger partial charge in [0.2, 0.25) is 5.89 Å². The van der Waals surface area contributed by atoms with Crippen LogP contribution in [0, 0.1) is 22.7 Å². The number of nitrogen functional groups attached to an aromatic ring is 1. The standard InChI is InChI=1S/C30H26ClN7O6S.2ClH/c31-19-5-1-18(2-6-19)29-37-20(13-43-29)16-45-30-24(10-33)27(23(9-32)28(36)38-30)17-3-7-21(8-4-17)41-14-22(44-26(40)12-35)15-42-25(39)11-34;;/h1-8,13,22H,11-12,14-16,34-35H2,(H2,36,38);2*1H/t22-;;/m0../s1.